The number of carbonyl (C=O) groups excluding carboxylic acids is 1. The molecule has 1 aliphatic carbocycles. The smallest absolute Gasteiger partial charge is 0.166 e. The summed E-state index contributed by atoms with van der Waals surface area (Å²) in [6.45, 7) is 1.56. The number of ketones is 1. The topological polar surface area (TPSA) is 66.6 Å². The summed E-state index contributed by atoms with van der Waals surface area (Å²) in [6.07, 6.45) is 2.48. The molecule has 4 rings (SSSR count). The van der Waals surface area contributed by atoms with Gasteiger partial charge in [0.25, 0.3) is 0 Å². The van der Waals surface area contributed by atoms with Crippen LogP contribution in [0.25, 0.3) is 0 Å². The fourth-order valence-electron chi connectivity index (χ4n) is 4.52. The number of anilines is 1. The third-order valence-electron chi connectivity index (χ3n) is 6.09. The number of hydrogen-bond acceptors (Lipinski definition) is 4. The van der Waals surface area contributed by atoms with Crippen molar-refractivity contribution in [2.24, 2.45) is 5.92 Å². The molecule has 1 fully saturated rings. The van der Waals surface area contributed by atoms with Gasteiger partial charge in [-0.15, -0.1) is 24.8 Å². The van der Waals surface area contributed by atoms with E-state index < -0.39 is 6.10 Å². The maximum Gasteiger partial charge on any atom is 0.166 e. The first-order valence-corrected chi connectivity index (χ1v) is 9.61. The predicted octanol–water partition coefficient (Wildman–Crippen LogP) is 3.67. The highest BCUT2D eigenvalue weighted by molar-refractivity contribution is 5.97. The van der Waals surface area contributed by atoms with Gasteiger partial charge < -0.3 is 10.8 Å². The number of carbonyl (C=O) groups is 1. The number of aliphatic hydroxyl groups is 1. The first-order valence-electron chi connectivity index (χ1n) is 9.61. The second kappa shape index (κ2) is 9.90. The number of Topliss-reactive ketones (excluding diaryl/α,β-unsaturated/α-hetero) is 1. The zero-order valence-electron chi connectivity index (χ0n) is 16.1. The van der Waals surface area contributed by atoms with Gasteiger partial charge in [-0.2, -0.15) is 0 Å². The molecule has 0 amide bonds. The van der Waals surface area contributed by atoms with Crippen LogP contribution in [0, 0.1) is 11.7 Å². The van der Waals surface area contributed by atoms with E-state index in [4.69, 9.17) is 5.73 Å². The molecular formula is C22H27Cl2FN2O2. The minimum absolute atomic E-state index is 0. The van der Waals surface area contributed by atoms with E-state index in [1.807, 2.05) is 18.2 Å². The molecule has 2 aliphatic rings. The SMILES string of the molecule is Cl.Cl.Nc1cccc2c1C[C@@H](N1CCC(C(=O)c3ccc(F)cc3)CC1)[C@H](O)C2. The molecular weight excluding hydrogens is 414 g/mol. The normalized spacial score (nSPS) is 22.1. The molecule has 2 aromatic rings. The lowest BCUT2D eigenvalue weighted by Crippen LogP contribution is -2.51. The number of piperidine rings is 1. The molecule has 4 nitrogen and oxygen atoms in total. The molecule has 0 aromatic heterocycles. The molecule has 7 heteroatoms. The van der Waals surface area contributed by atoms with Crippen molar-refractivity contribution in [3.63, 3.8) is 0 Å². The van der Waals surface area contributed by atoms with Gasteiger partial charge in [-0.05, 0) is 73.8 Å². The van der Waals surface area contributed by atoms with Gasteiger partial charge >= 0.3 is 0 Å². The summed E-state index contributed by atoms with van der Waals surface area (Å²) < 4.78 is 13.1. The van der Waals surface area contributed by atoms with E-state index in [9.17, 15) is 14.3 Å². The van der Waals surface area contributed by atoms with Gasteiger partial charge in [0.1, 0.15) is 5.82 Å². The minimum Gasteiger partial charge on any atom is -0.398 e. The number of benzene rings is 2. The summed E-state index contributed by atoms with van der Waals surface area (Å²) in [7, 11) is 0. The molecule has 158 valence electrons. The van der Waals surface area contributed by atoms with Gasteiger partial charge in [-0.1, -0.05) is 12.1 Å². The lowest BCUT2D eigenvalue weighted by molar-refractivity contribution is 0.0241. The fourth-order valence-corrected chi connectivity index (χ4v) is 4.52. The largest absolute Gasteiger partial charge is 0.398 e. The molecule has 1 heterocycles. The number of fused-ring (bicyclic) bond motifs is 1. The lowest BCUT2D eigenvalue weighted by atomic mass is 9.82. The van der Waals surface area contributed by atoms with Crippen LogP contribution < -0.4 is 5.73 Å². The molecule has 0 unspecified atom stereocenters. The van der Waals surface area contributed by atoms with E-state index >= 15 is 0 Å². The number of halogens is 3. The minimum atomic E-state index is -0.413. The van der Waals surface area contributed by atoms with Crippen molar-refractivity contribution < 1.29 is 14.3 Å². The highest BCUT2D eigenvalue weighted by Crippen LogP contribution is 2.31. The lowest BCUT2D eigenvalue weighted by Gasteiger charge is -2.42. The summed E-state index contributed by atoms with van der Waals surface area (Å²) in [4.78, 5) is 15.0. The molecule has 2 aromatic carbocycles. The second-order valence-electron chi connectivity index (χ2n) is 7.71. The summed E-state index contributed by atoms with van der Waals surface area (Å²) in [5.74, 6) is -0.273. The average Bonchev–Trinajstić information content (AvgIpc) is 2.68. The van der Waals surface area contributed by atoms with Crippen LogP contribution in [0.5, 0.6) is 0 Å². The van der Waals surface area contributed by atoms with E-state index in [2.05, 4.69) is 4.90 Å². The highest BCUT2D eigenvalue weighted by Gasteiger charge is 2.35. The molecule has 0 radical (unpaired) electrons. The van der Waals surface area contributed by atoms with E-state index in [0.29, 0.717) is 12.0 Å². The van der Waals surface area contributed by atoms with E-state index in [-0.39, 0.29) is 48.4 Å². The summed E-state index contributed by atoms with van der Waals surface area (Å²) >= 11 is 0. The molecule has 29 heavy (non-hydrogen) atoms. The Labute approximate surface area is 183 Å². The Morgan fingerprint density at radius 2 is 1.69 bits per heavy atom. The van der Waals surface area contributed by atoms with Gasteiger partial charge in [0.2, 0.25) is 0 Å². The number of nitrogens with zero attached hydrogens (tertiary/aromatic N) is 1. The van der Waals surface area contributed by atoms with Crippen molar-refractivity contribution in [1.29, 1.82) is 0 Å². The van der Waals surface area contributed by atoms with E-state index in [0.717, 1.165) is 49.2 Å². The standard InChI is InChI=1S/C22H25FN2O2.2ClH/c23-17-6-4-14(5-7-17)22(27)15-8-10-25(11-9-15)20-13-18-16(12-21(20)26)2-1-3-19(18)24;;/h1-7,15,20-21,26H,8-13,24H2;2*1H/t20-,21-;;/m1../s1. The van der Waals surface area contributed by atoms with Crippen LogP contribution in [-0.4, -0.2) is 41.0 Å². The molecule has 0 saturated carbocycles. The summed E-state index contributed by atoms with van der Waals surface area (Å²) in [5, 5.41) is 10.7. The van der Waals surface area contributed by atoms with Crippen molar-refractivity contribution in [3.8, 4) is 0 Å². The van der Waals surface area contributed by atoms with Crippen LogP contribution in [0.15, 0.2) is 42.5 Å². The van der Waals surface area contributed by atoms with Gasteiger partial charge in [-0.3, -0.25) is 9.69 Å². The Morgan fingerprint density at radius 1 is 1.03 bits per heavy atom. The predicted molar refractivity (Wildman–Crippen MR) is 118 cm³/mol. The fraction of sp³-hybridized carbons (Fsp3) is 0.409. The Bertz CT molecular complexity index is 839. The van der Waals surface area contributed by atoms with Crippen LogP contribution in [0.1, 0.15) is 34.3 Å². The number of nitrogen functional groups attached to an aromatic ring is 1. The maximum atomic E-state index is 13.1. The Balaban J connectivity index is 0.00000150. The molecule has 0 spiro atoms. The van der Waals surface area contributed by atoms with Crippen LogP contribution in [0.2, 0.25) is 0 Å². The summed E-state index contributed by atoms with van der Waals surface area (Å²) in [6, 6.07) is 11.7. The Hall–Kier alpha value is -1.66. The summed E-state index contributed by atoms with van der Waals surface area (Å²) in [5.41, 5.74) is 9.81. The third kappa shape index (κ3) is 4.92. The molecule has 1 aliphatic heterocycles. The van der Waals surface area contributed by atoms with Crippen molar-refractivity contribution in [2.45, 2.75) is 37.8 Å². The first-order chi connectivity index (χ1) is 13.0. The van der Waals surface area contributed by atoms with E-state index in [1.165, 1.54) is 12.1 Å². The Kier molecular flexibility index (Phi) is 8.06. The molecule has 1 saturated heterocycles. The zero-order valence-corrected chi connectivity index (χ0v) is 17.7. The van der Waals surface area contributed by atoms with Crippen LogP contribution in [0.4, 0.5) is 10.1 Å². The highest BCUT2D eigenvalue weighted by atomic mass is 35.5. The second-order valence-corrected chi connectivity index (χ2v) is 7.71. The molecule has 0 bridgehead atoms. The Morgan fingerprint density at radius 3 is 2.34 bits per heavy atom. The van der Waals surface area contributed by atoms with Crippen LogP contribution in [-0.2, 0) is 12.8 Å². The first kappa shape index (κ1) is 23.6. The molecule has 2 atom stereocenters. The van der Waals surface area contributed by atoms with Crippen molar-refractivity contribution >= 4 is 36.3 Å². The third-order valence-corrected chi connectivity index (χ3v) is 6.09. The van der Waals surface area contributed by atoms with Crippen LogP contribution in [0.3, 0.4) is 0 Å². The zero-order chi connectivity index (χ0) is 19.0. The quantitative estimate of drug-likeness (QED) is 0.564. The van der Waals surface area contributed by atoms with Gasteiger partial charge in [-0.25, -0.2) is 4.39 Å². The number of rotatable bonds is 3. The van der Waals surface area contributed by atoms with Crippen molar-refractivity contribution in [1.82, 2.24) is 4.90 Å². The number of hydrogen-bond donors (Lipinski definition) is 2. The van der Waals surface area contributed by atoms with Crippen molar-refractivity contribution in [2.75, 3.05) is 18.8 Å². The van der Waals surface area contributed by atoms with Gasteiger partial charge in [0.05, 0.1) is 6.10 Å². The van der Waals surface area contributed by atoms with Crippen molar-refractivity contribution in [3.05, 3.63) is 65.0 Å². The average molecular weight is 441 g/mol. The van der Waals surface area contributed by atoms with E-state index in [1.54, 1.807) is 12.1 Å². The molecule has 3 N–H and O–H groups in total. The van der Waals surface area contributed by atoms with Crippen LogP contribution >= 0.6 is 24.8 Å². The number of likely N-dealkylation sites (tertiary alicyclic amines) is 1. The number of aliphatic hydroxyl groups excluding tert-OH is 1. The number of nitrogens with two attached hydrogens (primary N) is 1. The van der Waals surface area contributed by atoms with Gasteiger partial charge in [0, 0.05) is 29.6 Å². The van der Waals surface area contributed by atoms with Gasteiger partial charge in [0.15, 0.2) is 5.78 Å². The monoisotopic (exact) mass is 440 g/mol. The maximum absolute atomic E-state index is 13.1.